The van der Waals surface area contributed by atoms with Gasteiger partial charge < -0.3 is 10.2 Å². The van der Waals surface area contributed by atoms with Gasteiger partial charge in [0.2, 0.25) is 11.8 Å². The molecule has 0 aliphatic carbocycles. The third-order valence-electron chi connectivity index (χ3n) is 4.09. The lowest BCUT2D eigenvalue weighted by molar-refractivity contribution is -0.140. The van der Waals surface area contributed by atoms with Crippen LogP contribution in [0.2, 0.25) is 0 Å². The minimum absolute atomic E-state index is 0.0964. The molecule has 0 spiro atoms. The minimum atomic E-state index is -0.629. The van der Waals surface area contributed by atoms with Crippen LogP contribution in [-0.2, 0) is 22.7 Å². The van der Waals surface area contributed by atoms with Gasteiger partial charge in [0.15, 0.2) is 0 Å². The molecule has 2 rings (SSSR count). The summed E-state index contributed by atoms with van der Waals surface area (Å²) in [5, 5.41) is 2.84. The van der Waals surface area contributed by atoms with Crippen LogP contribution in [0.25, 0.3) is 0 Å². The number of nitrogens with zero attached hydrogens (tertiary/aromatic N) is 2. The summed E-state index contributed by atoms with van der Waals surface area (Å²) in [5.41, 5.74) is 1.67. The highest BCUT2D eigenvalue weighted by Gasteiger charge is 2.25. The second-order valence-corrected chi connectivity index (χ2v) is 6.15. The molecule has 138 valence electrons. The van der Waals surface area contributed by atoms with Crippen LogP contribution in [-0.4, -0.2) is 27.7 Å². The van der Waals surface area contributed by atoms with Gasteiger partial charge in [-0.15, -0.1) is 0 Å². The van der Waals surface area contributed by atoms with E-state index in [1.807, 2.05) is 13.0 Å². The van der Waals surface area contributed by atoms with E-state index < -0.39 is 6.04 Å². The number of benzene rings is 1. The van der Waals surface area contributed by atoms with Crippen LogP contribution >= 0.6 is 0 Å². The lowest BCUT2D eigenvalue weighted by atomic mass is 10.1. The molecule has 1 aromatic heterocycles. The van der Waals surface area contributed by atoms with Crippen molar-refractivity contribution in [2.24, 2.45) is 0 Å². The molecule has 0 saturated heterocycles. The van der Waals surface area contributed by atoms with Crippen LogP contribution in [0.15, 0.2) is 48.8 Å². The van der Waals surface area contributed by atoms with Crippen molar-refractivity contribution in [3.63, 3.8) is 0 Å². The van der Waals surface area contributed by atoms with E-state index >= 15 is 0 Å². The Bertz CT molecular complexity index is 720. The van der Waals surface area contributed by atoms with Crippen molar-refractivity contribution in [1.82, 2.24) is 15.2 Å². The monoisotopic (exact) mass is 357 g/mol. The number of rotatable bonds is 8. The summed E-state index contributed by atoms with van der Waals surface area (Å²) in [5.74, 6) is -0.663. The molecule has 1 aromatic carbocycles. The van der Waals surface area contributed by atoms with Crippen LogP contribution in [0.1, 0.15) is 37.8 Å². The molecule has 2 aromatic rings. The molecule has 0 saturated carbocycles. The highest BCUT2D eigenvalue weighted by atomic mass is 19.1. The molecule has 0 fully saturated rings. The predicted molar refractivity (Wildman–Crippen MR) is 97.4 cm³/mol. The summed E-state index contributed by atoms with van der Waals surface area (Å²) in [4.78, 5) is 30.6. The lowest BCUT2D eigenvalue weighted by Crippen LogP contribution is -2.47. The molecule has 0 aliphatic rings. The van der Waals surface area contributed by atoms with Crippen molar-refractivity contribution in [2.45, 2.75) is 45.8 Å². The second kappa shape index (κ2) is 9.65. The quantitative estimate of drug-likeness (QED) is 0.790. The Hall–Kier alpha value is -2.76. The molecule has 5 nitrogen and oxygen atoms in total. The van der Waals surface area contributed by atoms with E-state index in [2.05, 4.69) is 10.3 Å². The van der Waals surface area contributed by atoms with Gasteiger partial charge in [-0.3, -0.25) is 14.6 Å². The van der Waals surface area contributed by atoms with E-state index in [0.717, 1.165) is 11.1 Å². The molecule has 0 aliphatic heterocycles. The number of carbonyl (C=O) groups excluding carboxylic acids is 2. The van der Waals surface area contributed by atoms with Crippen molar-refractivity contribution < 1.29 is 14.0 Å². The summed E-state index contributed by atoms with van der Waals surface area (Å²) < 4.78 is 13.1. The Balaban J connectivity index is 2.05. The van der Waals surface area contributed by atoms with E-state index in [1.165, 1.54) is 17.0 Å². The van der Waals surface area contributed by atoms with Gasteiger partial charge in [-0.05, 0) is 42.7 Å². The maximum Gasteiger partial charge on any atom is 0.242 e. The number of pyridine rings is 1. The fourth-order valence-corrected chi connectivity index (χ4v) is 2.57. The molecular formula is C20H24FN3O2. The number of halogens is 1. The van der Waals surface area contributed by atoms with Crippen molar-refractivity contribution >= 4 is 11.8 Å². The average Bonchev–Trinajstić information content (AvgIpc) is 2.66. The molecule has 1 unspecified atom stereocenters. The van der Waals surface area contributed by atoms with Crippen molar-refractivity contribution in [3.8, 4) is 0 Å². The van der Waals surface area contributed by atoms with Gasteiger partial charge in [-0.25, -0.2) is 4.39 Å². The maximum atomic E-state index is 13.1. The first kappa shape index (κ1) is 19.6. The Morgan fingerprint density at radius 2 is 1.92 bits per heavy atom. The van der Waals surface area contributed by atoms with Crippen LogP contribution in [0.5, 0.6) is 0 Å². The summed E-state index contributed by atoms with van der Waals surface area (Å²) in [7, 11) is 0. The molecule has 6 heteroatoms. The Morgan fingerprint density at radius 3 is 2.54 bits per heavy atom. The van der Waals surface area contributed by atoms with E-state index in [0.29, 0.717) is 19.4 Å². The first-order valence-electron chi connectivity index (χ1n) is 8.71. The van der Waals surface area contributed by atoms with Gasteiger partial charge in [-0.1, -0.05) is 25.1 Å². The zero-order valence-corrected chi connectivity index (χ0v) is 15.1. The first-order valence-corrected chi connectivity index (χ1v) is 8.71. The number of hydrogen-bond acceptors (Lipinski definition) is 3. The standard InChI is InChI=1S/C20H24FN3O2/c1-3-5-19(25)24(14-16-7-9-18(21)10-8-16)15(2)20(26)23-13-17-6-4-11-22-12-17/h4,6-12,15H,3,5,13-14H2,1-2H3,(H,23,26). The van der Waals surface area contributed by atoms with Crippen LogP contribution in [0, 0.1) is 5.82 Å². The van der Waals surface area contributed by atoms with Gasteiger partial charge in [-0.2, -0.15) is 0 Å². The third-order valence-corrected chi connectivity index (χ3v) is 4.09. The second-order valence-electron chi connectivity index (χ2n) is 6.15. The number of aromatic nitrogens is 1. The minimum Gasteiger partial charge on any atom is -0.350 e. The molecule has 1 atom stereocenters. The molecule has 1 N–H and O–H groups in total. The molecule has 1 heterocycles. The summed E-state index contributed by atoms with van der Waals surface area (Å²) >= 11 is 0. The van der Waals surface area contributed by atoms with Crippen LogP contribution in [0.4, 0.5) is 4.39 Å². The normalized spacial score (nSPS) is 11.7. The van der Waals surface area contributed by atoms with Gasteiger partial charge >= 0.3 is 0 Å². The summed E-state index contributed by atoms with van der Waals surface area (Å²) in [6.07, 6.45) is 4.41. The van der Waals surface area contributed by atoms with Gasteiger partial charge in [0, 0.05) is 31.9 Å². The number of nitrogens with one attached hydrogen (secondary N) is 1. The summed E-state index contributed by atoms with van der Waals surface area (Å²) in [6.45, 7) is 4.24. The fourth-order valence-electron chi connectivity index (χ4n) is 2.57. The Morgan fingerprint density at radius 1 is 1.19 bits per heavy atom. The highest BCUT2D eigenvalue weighted by molar-refractivity contribution is 5.87. The van der Waals surface area contributed by atoms with Crippen LogP contribution in [0.3, 0.4) is 0 Å². The van der Waals surface area contributed by atoms with Crippen molar-refractivity contribution in [2.75, 3.05) is 0 Å². The smallest absolute Gasteiger partial charge is 0.242 e. The zero-order chi connectivity index (χ0) is 18.9. The first-order chi connectivity index (χ1) is 12.5. The SMILES string of the molecule is CCCC(=O)N(Cc1ccc(F)cc1)C(C)C(=O)NCc1cccnc1. The predicted octanol–water partition coefficient (Wildman–Crippen LogP) is 3.05. The summed E-state index contributed by atoms with van der Waals surface area (Å²) in [6, 6.07) is 9.00. The maximum absolute atomic E-state index is 13.1. The number of hydrogen-bond donors (Lipinski definition) is 1. The largest absolute Gasteiger partial charge is 0.350 e. The van der Waals surface area contributed by atoms with E-state index in [4.69, 9.17) is 0 Å². The van der Waals surface area contributed by atoms with E-state index in [9.17, 15) is 14.0 Å². The number of amides is 2. The molecule has 2 amide bonds. The Kier molecular flexibility index (Phi) is 7.26. The zero-order valence-electron chi connectivity index (χ0n) is 15.1. The third kappa shape index (κ3) is 5.65. The van der Waals surface area contributed by atoms with Gasteiger partial charge in [0.05, 0.1) is 0 Å². The van der Waals surface area contributed by atoms with Crippen LogP contribution < -0.4 is 5.32 Å². The van der Waals surface area contributed by atoms with E-state index in [1.54, 1.807) is 37.5 Å². The van der Waals surface area contributed by atoms with Gasteiger partial charge in [0.1, 0.15) is 11.9 Å². The molecule has 0 bridgehead atoms. The Labute approximate surface area is 153 Å². The molecule has 0 radical (unpaired) electrons. The molecule has 26 heavy (non-hydrogen) atoms. The fraction of sp³-hybridized carbons (Fsp3) is 0.350. The topological polar surface area (TPSA) is 62.3 Å². The molecular weight excluding hydrogens is 333 g/mol. The lowest BCUT2D eigenvalue weighted by Gasteiger charge is -2.28. The van der Waals surface area contributed by atoms with Crippen molar-refractivity contribution in [1.29, 1.82) is 0 Å². The van der Waals surface area contributed by atoms with Crippen molar-refractivity contribution in [3.05, 3.63) is 65.7 Å². The van der Waals surface area contributed by atoms with Gasteiger partial charge in [0.25, 0.3) is 0 Å². The van der Waals surface area contributed by atoms with E-state index in [-0.39, 0.29) is 24.2 Å². The average molecular weight is 357 g/mol. The number of carbonyl (C=O) groups is 2. The highest BCUT2D eigenvalue weighted by Crippen LogP contribution is 2.13.